The van der Waals surface area contributed by atoms with Crippen molar-refractivity contribution in [1.29, 1.82) is 0 Å². The number of hydroxylamine groups is 2. The molecule has 0 amide bonds. The zero-order valence-electron chi connectivity index (χ0n) is 8.84. The summed E-state index contributed by atoms with van der Waals surface area (Å²) in [5, 5.41) is 21.0. The third kappa shape index (κ3) is 1.96. The van der Waals surface area contributed by atoms with E-state index in [0.29, 0.717) is 23.5 Å². The van der Waals surface area contributed by atoms with Crippen molar-refractivity contribution in [2.75, 3.05) is 33.4 Å². The zero-order chi connectivity index (χ0) is 10.9. The quantitative estimate of drug-likeness (QED) is 0.563. The Labute approximate surface area is 92.3 Å². The molecule has 84 valence electrons. The van der Waals surface area contributed by atoms with Gasteiger partial charge in [-0.05, 0) is 0 Å². The van der Waals surface area contributed by atoms with Gasteiger partial charge in [0.15, 0.2) is 0 Å². The van der Waals surface area contributed by atoms with Gasteiger partial charge in [0.05, 0.1) is 20.2 Å². The predicted octanol–water partition coefficient (Wildman–Crippen LogP) is 0.645. The molecule has 1 saturated heterocycles. The summed E-state index contributed by atoms with van der Waals surface area (Å²) in [4.78, 5) is 2.11. The topological polar surface area (TPSA) is 61.3 Å². The molecule has 2 rings (SSSR count). The van der Waals surface area contributed by atoms with E-state index in [4.69, 9.17) is 4.74 Å². The van der Waals surface area contributed by atoms with Crippen LogP contribution in [0.4, 0.5) is 5.13 Å². The van der Waals surface area contributed by atoms with E-state index in [-0.39, 0.29) is 0 Å². The highest BCUT2D eigenvalue weighted by Crippen LogP contribution is 2.32. The highest BCUT2D eigenvalue weighted by Gasteiger charge is 2.34. The highest BCUT2D eigenvalue weighted by atomic mass is 32.1. The van der Waals surface area contributed by atoms with Crippen LogP contribution in [-0.4, -0.2) is 48.5 Å². The number of ether oxygens (including phenoxy) is 1. The number of hydrogen-bond donors (Lipinski definition) is 0. The molecule has 15 heavy (non-hydrogen) atoms. The largest absolute Gasteiger partial charge is 0.625 e. The van der Waals surface area contributed by atoms with Crippen molar-refractivity contribution < 1.29 is 4.74 Å². The number of likely N-dealkylation sites (N-methyl/N-ethyl adjacent to an activating group) is 1. The third-order valence-electron chi connectivity index (χ3n) is 2.57. The molecule has 6 nitrogen and oxygen atoms in total. The van der Waals surface area contributed by atoms with Crippen LogP contribution in [0.2, 0.25) is 0 Å². The van der Waals surface area contributed by atoms with Crippen molar-refractivity contribution in [2.24, 2.45) is 0 Å². The van der Waals surface area contributed by atoms with Crippen molar-refractivity contribution in [1.82, 2.24) is 19.7 Å². The van der Waals surface area contributed by atoms with Crippen LogP contribution in [0.5, 0.6) is 5.19 Å². The third-order valence-corrected chi connectivity index (χ3v) is 3.59. The highest BCUT2D eigenvalue weighted by molar-refractivity contribution is 7.16. The van der Waals surface area contributed by atoms with Gasteiger partial charge in [-0.25, -0.2) is 0 Å². The van der Waals surface area contributed by atoms with Crippen LogP contribution >= 0.6 is 11.3 Å². The van der Waals surface area contributed by atoms with Gasteiger partial charge in [-0.1, -0.05) is 17.1 Å². The van der Waals surface area contributed by atoms with Gasteiger partial charge in [0.1, 0.15) is 6.67 Å². The maximum Gasteiger partial charge on any atom is 0.311 e. The van der Waals surface area contributed by atoms with Crippen LogP contribution in [0, 0.1) is 5.21 Å². The molecular weight excluding hydrogens is 216 g/mol. The minimum absolute atomic E-state index is 0.394. The van der Waals surface area contributed by atoms with Gasteiger partial charge >= 0.3 is 5.13 Å². The Morgan fingerprint density at radius 1 is 1.60 bits per heavy atom. The van der Waals surface area contributed by atoms with Crippen LogP contribution in [0.15, 0.2) is 0 Å². The first kappa shape index (κ1) is 10.7. The summed E-state index contributed by atoms with van der Waals surface area (Å²) in [5.74, 6) is 0. The molecule has 0 aromatic carbocycles. The van der Waals surface area contributed by atoms with E-state index >= 15 is 0 Å². The summed E-state index contributed by atoms with van der Waals surface area (Å²) in [7, 11) is 1.53. The number of aromatic nitrogens is 2. The standard InChI is InChI=1S/C8H14N4O2S/c1-3-11-4-5-12(13,6-11)7-9-10-8(14-2)15-7/h3-6H2,1-2H3. The summed E-state index contributed by atoms with van der Waals surface area (Å²) in [6.07, 6.45) is 0. The summed E-state index contributed by atoms with van der Waals surface area (Å²) in [6, 6.07) is 0. The second-order valence-corrected chi connectivity index (χ2v) is 4.44. The van der Waals surface area contributed by atoms with Gasteiger partial charge in [0.2, 0.25) is 0 Å². The first-order valence-electron chi connectivity index (χ1n) is 4.86. The lowest BCUT2D eigenvalue weighted by Crippen LogP contribution is -2.42. The summed E-state index contributed by atoms with van der Waals surface area (Å²) in [5.41, 5.74) is 0. The Kier molecular flexibility index (Phi) is 2.87. The van der Waals surface area contributed by atoms with Crippen molar-refractivity contribution in [2.45, 2.75) is 6.92 Å². The molecule has 0 bridgehead atoms. The van der Waals surface area contributed by atoms with Crippen molar-refractivity contribution >= 4 is 16.5 Å². The normalized spacial score (nSPS) is 27.1. The number of quaternary nitrogens is 1. The minimum Gasteiger partial charge on any atom is -0.625 e. The van der Waals surface area contributed by atoms with E-state index in [9.17, 15) is 5.21 Å². The molecular formula is C8H14N4O2S. The molecule has 0 saturated carbocycles. The number of methoxy groups -OCH3 is 1. The summed E-state index contributed by atoms with van der Waals surface area (Å²) < 4.78 is 4.54. The van der Waals surface area contributed by atoms with Crippen molar-refractivity contribution in [3.8, 4) is 5.19 Å². The lowest BCUT2D eigenvalue weighted by Gasteiger charge is -2.33. The lowest BCUT2D eigenvalue weighted by atomic mass is 10.6. The van der Waals surface area contributed by atoms with Gasteiger partial charge < -0.3 is 9.94 Å². The molecule has 1 aromatic rings. The monoisotopic (exact) mass is 230 g/mol. The van der Waals surface area contributed by atoms with Gasteiger partial charge in [0, 0.05) is 17.9 Å². The van der Waals surface area contributed by atoms with Gasteiger partial charge in [0.25, 0.3) is 5.19 Å². The van der Waals surface area contributed by atoms with Gasteiger partial charge in [-0.15, -0.1) is 0 Å². The van der Waals surface area contributed by atoms with Gasteiger partial charge in [-0.3, -0.25) is 9.55 Å². The van der Waals surface area contributed by atoms with E-state index in [0.717, 1.165) is 13.1 Å². The van der Waals surface area contributed by atoms with Crippen molar-refractivity contribution in [3.63, 3.8) is 0 Å². The molecule has 1 fully saturated rings. The van der Waals surface area contributed by atoms with E-state index in [2.05, 4.69) is 22.0 Å². The van der Waals surface area contributed by atoms with Crippen molar-refractivity contribution in [3.05, 3.63) is 5.21 Å². The number of rotatable bonds is 3. The Balaban J connectivity index is 2.16. The molecule has 0 spiro atoms. The summed E-state index contributed by atoms with van der Waals surface area (Å²) >= 11 is 1.23. The smallest absolute Gasteiger partial charge is 0.311 e. The average molecular weight is 230 g/mol. The second-order valence-electron chi connectivity index (χ2n) is 3.52. The van der Waals surface area contributed by atoms with E-state index in [1.165, 1.54) is 18.4 Å². The van der Waals surface area contributed by atoms with Crippen LogP contribution in [0.25, 0.3) is 0 Å². The Hall–Kier alpha value is -0.760. The Morgan fingerprint density at radius 3 is 2.93 bits per heavy atom. The summed E-state index contributed by atoms with van der Waals surface area (Å²) in [6.45, 7) is 4.79. The fraction of sp³-hybridized carbons (Fsp3) is 0.750. The van der Waals surface area contributed by atoms with Crippen LogP contribution in [0.3, 0.4) is 0 Å². The molecule has 0 aliphatic carbocycles. The van der Waals surface area contributed by atoms with E-state index in [1.54, 1.807) is 0 Å². The van der Waals surface area contributed by atoms with Crippen LogP contribution < -0.4 is 9.38 Å². The molecule has 0 radical (unpaired) electrons. The minimum atomic E-state index is -0.394. The van der Waals surface area contributed by atoms with Crippen LogP contribution in [-0.2, 0) is 0 Å². The Bertz CT molecular complexity index is 345. The molecule has 2 heterocycles. The average Bonchev–Trinajstić information content (AvgIpc) is 2.84. The molecule has 7 heteroatoms. The van der Waals surface area contributed by atoms with Gasteiger partial charge in [-0.2, -0.15) is 0 Å². The Morgan fingerprint density at radius 2 is 2.40 bits per heavy atom. The molecule has 1 atom stereocenters. The lowest BCUT2D eigenvalue weighted by molar-refractivity contribution is 0.300. The zero-order valence-corrected chi connectivity index (χ0v) is 9.66. The molecule has 1 aliphatic heterocycles. The number of hydrogen-bond acceptors (Lipinski definition) is 6. The first-order valence-corrected chi connectivity index (χ1v) is 5.68. The molecule has 1 aliphatic rings. The SMILES string of the molecule is CCN1CC[N+]([O-])(c2nnc(OC)s2)C1. The van der Waals surface area contributed by atoms with E-state index in [1.807, 2.05) is 0 Å². The molecule has 1 unspecified atom stereocenters. The fourth-order valence-electron chi connectivity index (χ4n) is 1.63. The maximum absolute atomic E-state index is 12.4. The maximum atomic E-state index is 12.4. The fourth-order valence-corrected chi connectivity index (χ4v) is 2.35. The number of nitrogens with zero attached hydrogens (tertiary/aromatic N) is 4. The first-order chi connectivity index (χ1) is 7.18. The molecule has 0 N–H and O–H groups in total. The van der Waals surface area contributed by atoms with E-state index < -0.39 is 4.65 Å². The predicted molar refractivity (Wildman–Crippen MR) is 58.6 cm³/mol. The second kappa shape index (κ2) is 4.01. The molecule has 1 aromatic heterocycles. The van der Waals surface area contributed by atoms with Crippen LogP contribution in [0.1, 0.15) is 6.92 Å².